The summed E-state index contributed by atoms with van der Waals surface area (Å²) < 4.78 is 0. The molecule has 3 N–H and O–H groups in total. The highest BCUT2D eigenvalue weighted by atomic mass is 32.1. The van der Waals surface area contributed by atoms with Gasteiger partial charge in [0.15, 0.2) is 0 Å². The Morgan fingerprint density at radius 3 is 2.57 bits per heavy atom. The average molecular weight is 497 g/mol. The Morgan fingerprint density at radius 1 is 1.11 bits per heavy atom. The van der Waals surface area contributed by atoms with Crippen LogP contribution in [0.25, 0.3) is 0 Å². The number of rotatable bonds is 9. The number of nitrogens with two attached hydrogens (primary N) is 1. The summed E-state index contributed by atoms with van der Waals surface area (Å²) in [4.78, 5) is 32.5. The molecule has 2 atom stereocenters. The Balaban J connectivity index is 1.53. The molecule has 190 valence electrons. The maximum Gasteiger partial charge on any atom is 0.254 e. The van der Waals surface area contributed by atoms with Gasteiger partial charge in [-0.1, -0.05) is 43.0 Å². The number of thiophene rings is 1. The van der Waals surface area contributed by atoms with Gasteiger partial charge in [-0.3, -0.25) is 14.5 Å². The molecule has 0 spiro atoms. The van der Waals surface area contributed by atoms with Gasteiger partial charge in [0.25, 0.3) is 5.91 Å². The third-order valence-electron chi connectivity index (χ3n) is 7.55. The molecule has 1 saturated heterocycles. The van der Waals surface area contributed by atoms with Crippen LogP contribution in [0.2, 0.25) is 0 Å². The lowest BCUT2D eigenvalue weighted by molar-refractivity contribution is -0.127. The zero-order valence-corrected chi connectivity index (χ0v) is 21.8. The lowest BCUT2D eigenvalue weighted by Crippen LogP contribution is -2.58. The first kappa shape index (κ1) is 25.9. The summed E-state index contributed by atoms with van der Waals surface area (Å²) in [5.41, 5.74) is 7.42. The lowest BCUT2D eigenvalue weighted by Gasteiger charge is -2.44. The van der Waals surface area contributed by atoms with Crippen LogP contribution in [0.4, 0.5) is 0 Å². The second-order valence-electron chi connectivity index (χ2n) is 10.2. The summed E-state index contributed by atoms with van der Waals surface area (Å²) in [6.07, 6.45) is 8.14. The highest BCUT2D eigenvalue weighted by molar-refractivity contribution is 7.09. The molecule has 2 aliphatic rings. The first-order valence-electron chi connectivity index (χ1n) is 13.2. The summed E-state index contributed by atoms with van der Waals surface area (Å²) in [5, 5.41) is 5.10. The fourth-order valence-corrected chi connectivity index (χ4v) is 6.32. The number of piperidine rings is 1. The predicted molar refractivity (Wildman–Crippen MR) is 142 cm³/mol. The van der Waals surface area contributed by atoms with Crippen LogP contribution < -0.4 is 11.1 Å². The molecule has 2 fully saturated rings. The highest BCUT2D eigenvalue weighted by Crippen LogP contribution is 2.30. The molecule has 4 rings (SSSR count). The fraction of sp³-hybridized carbons (Fsp3) is 0.571. The van der Waals surface area contributed by atoms with E-state index in [0.29, 0.717) is 31.6 Å². The van der Waals surface area contributed by atoms with Crippen molar-refractivity contribution in [3.8, 4) is 0 Å². The summed E-state index contributed by atoms with van der Waals surface area (Å²) in [6.45, 7) is 5.40. The molecule has 1 aliphatic heterocycles. The number of hydrogen-bond acceptors (Lipinski definition) is 5. The van der Waals surface area contributed by atoms with E-state index in [1.165, 1.54) is 37.0 Å². The monoisotopic (exact) mass is 496 g/mol. The highest BCUT2D eigenvalue weighted by Gasteiger charge is 2.39. The van der Waals surface area contributed by atoms with Gasteiger partial charge in [-0.25, -0.2) is 0 Å². The Morgan fingerprint density at radius 2 is 1.89 bits per heavy atom. The van der Waals surface area contributed by atoms with Crippen LogP contribution in [0, 0.1) is 12.8 Å². The first-order chi connectivity index (χ1) is 17.0. The van der Waals surface area contributed by atoms with Crippen LogP contribution in [0.5, 0.6) is 0 Å². The number of nitrogens with one attached hydrogen (secondary N) is 1. The van der Waals surface area contributed by atoms with Crippen LogP contribution in [-0.4, -0.2) is 59.9 Å². The molecule has 6 nitrogen and oxygen atoms in total. The van der Waals surface area contributed by atoms with E-state index in [9.17, 15) is 9.59 Å². The predicted octanol–water partition coefficient (Wildman–Crippen LogP) is 4.19. The minimum Gasteiger partial charge on any atom is -0.353 e. The van der Waals surface area contributed by atoms with E-state index in [4.69, 9.17) is 5.73 Å². The van der Waals surface area contributed by atoms with Gasteiger partial charge >= 0.3 is 0 Å². The third-order valence-corrected chi connectivity index (χ3v) is 8.41. The Labute approximate surface area is 213 Å². The van der Waals surface area contributed by atoms with Gasteiger partial charge in [0.1, 0.15) is 6.04 Å². The minimum atomic E-state index is -0.480. The largest absolute Gasteiger partial charge is 0.353 e. The third kappa shape index (κ3) is 6.93. The number of aryl methyl sites for hydroxylation is 1. The second-order valence-corrected chi connectivity index (χ2v) is 11.2. The van der Waals surface area contributed by atoms with Crippen molar-refractivity contribution in [2.24, 2.45) is 11.7 Å². The maximum atomic E-state index is 13.5. The zero-order chi connectivity index (χ0) is 24.6. The summed E-state index contributed by atoms with van der Waals surface area (Å²) in [6, 6.07) is 11.8. The molecule has 2 heterocycles. The molecule has 7 heteroatoms. The normalized spacial score (nSPS) is 21.3. The van der Waals surface area contributed by atoms with E-state index >= 15 is 0 Å². The first-order valence-corrected chi connectivity index (χ1v) is 14.0. The zero-order valence-electron chi connectivity index (χ0n) is 21.0. The lowest BCUT2D eigenvalue weighted by atomic mass is 9.87. The number of benzene rings is 1. The smallest absolute Gasteiger partial charge is 0.254 e. The van der Waals surface area contributed by atoms with E-state index in [1.54, 1.807) is 16.2 Å². The Bertz CT molecular complexity index is 940. The van der Waals surface area contributed by atoms with Crippen molar-refractivity contribution in [2.75, 3.05) is 26.2 Å². The topological polar surface area (TPSA) is 78.7 Å². The number of amides is 2. The molecule has 0 bridgehead atoms. The van der Waals surface area contributed by atoms with Crippen molar-refractivity contribution in [3.63, 3.8) is 0 Å². The quantitative estimate of drug-likeness (QED) is 0.546. The SMILES string of the molecule is Cc1ccc(C(=O)N2CCC(N(Cc3cccs3)CC3CCCCC3)C[C@@H]2C(=O)NCCN)cc1. The van der Waals surface area contributed by atoms with Crippen LogP contribution in [-0.2, 0) is 11.3 Å². The molecule has 1 aliphatic carbocycles. The second kappa shape index (κ2) is 12.7. The Hall–Kier alpha value is -2.22. The van der Waals surface area contributed by atoms with Gasteiger partial charge in [0, 0.05) is 49.2 Å². The molecule has 1 aromatic heterocycles. The van der Waals surface area contributed by atoms with Crippen molar-refractivity contribution in [1.82, 2.24) is 15.1 Å². The number of carbonyl (C=O) groups excluding carboxylic acids is 2. The van der Waals surface area contributed by atoms with Crippen LogP contribution in [0.1, 0.15) is 65.7 Å². The molecule has 2 aromatic rings. The number of nitrogens with zero attached hydrogens (tertiary/aromatic N) is 2. The molecular weight excluding hydrogens is 456 g/mol. The van der Waals surface area contributed by atoms with Crippen molar-refractivity contribution < 1.29 is 9.59 Å². The summed E-state index contributed by atoms with van der Waals surface area (Å²) in [7, 11) is 0. The van der Waals surface area contributed by atoms with Crippen molar-refractivity contribution in [1.29, 1.82) is 0 Å². The Kier molecular flexibility index (Phi) is 9.35. The van der Waals surface area contributed by atoms with Gasteiger partial charge in [0.2, 0.25) is 5.91 Å². The molecule has 2 amide bonds. The van der Waals surface area contributed by atoms with Gasteiger partial charge in [-0.05, 0) is 62.1 Å². The van der Waals surface area contributed by atoms with E-state index in [1.807, 2.05) is 31.2 Å². The van der Waals surface area contributed by atoms with E-state index in [0.717, 1.165) is 31.0 Å². The number of carbonyl (C=O) groups is 2. The van der Waals surface area contributed by atoms with Gasteiger partial charge in [-0.2, -0.15) is 0 Å². The van der Waals surface area contributed by atoms with Gasteiger partial charge in [0.05, 0.1) is 0 Å². The summed E-state index contributed by atoms with van der Waals surface area (Å²) in [5.74, 6) is 0.572. The minimum absolute atomic E-state index is 0.0616. The number of hydrogen-bond donors (Lipinski definition) is 2. The molecule has 1 saturated carbocycles. The molecular formula is C28H40N4O2S. The van der Waals surface area contributed by atoms with Crippen molar-refractivity contribution in [3.05, 3.63) is 57.8 Å². The van der Waals surface area contributed by atoms with Crippen LogP contribution in [0.15, 0.2) is 41.8 Å². The summed E-state index contributed by atoms with van der Waals surface area (Å²) >= 11 is 1.80. The van der Waals surface area contributed by atoms with E-state index in [2.05, 4.69) is 27.7 Å². The van der Waals surface area contributed by atoms with Crippen molar-refractivity contribution in [2.45, 2.75) is 70.5 Å². The van der Waals surface area contributed by atoms with Crippen molar-refractivity contribution >= 4 is 23.2 Å². The van der Waals surface area contributed by atoms with Gasteiger partial charge in [-0.15, -0.1) is 11.3 Å². The van der Waals surface area contributed by atoms with Crippen LogP contribution >= 0.6 is 11.3 Å². The van der Waals surface area contributed by atoms with E-state index < -0.39 is 6.04 Å². The number of likely N-dealkylation sites (tertiary alicyclic amines) is 1. The van der Waals surface area contributed by atoms with Gasteiger partial charge < -0.3 is 16.0 Å². The molecule has 35 heavy (non-hydrogen) atoms. The standard InChI is InChI=1S/C28H40N4O2S/c1-21-9-11-23(12-10-21)28(34)32-16-13-24(18-26(32)27(33)30-15-14-29)31(20-25-8-5-17-35-25)19-22-6-3-2-4-7-22/h5,8-12,17,22,24,26H,2-4,6-7,13-16,18-20,29H2,1H3,(H,30,33)/t24?,26-/m1/s1. The van der Waals surface area contributed by atoms with Crippen LogP contribution in [0.3, 0.4) is 0 Å². The fourth-order valence-electron chi connectivity index (χ4n) is 5.59. The maximum absolute atomic E-state index is 13.5. The average Bonchev–Trinajstić information content (AvgIpc) is 3.40. The molecule has 1 aromatic carbocycles. The molecule has 1 unspecified atom stereocenters. The van der Waals surface area contributed by atoms with E-state index in [-0.39, 0.29) is 17.9 Å². The molecule has 0 radical (unpaired) electrons.